The fourth-order valence-electron chi connectivity index (χ4n) is 1.49. The summed E-state index contributed by atoms with van der Waals surface area (Å²) in [6.07, 6.45) is -5.22. The van der Waals surface area contributed by atoms with E-state index in [1.54, 1.807) is 0 Å². The molecule has 0 unspecified atom stereocenters. The summed E-state index contributed by atoms with van der Waals surface area (Å²) < 4.78 is 61.8. The van der Waals surface area contributed by atoms with Crippen LogP contribution in [0.4, 0.5) is 27.6 Å². The molecule has 20 heavy (non-hydrogen) atoms. The molecule has 0 fully saturated rings. The minimum absolute atomic E-state index is 0.0361. The molecule has 0 radical (unpaired) electrons. The fraction of sp³-hybridized carbons (Fsp3) is 0.417. The van der Waals surface area contributed by atoms with Gasteiger partial charge in [0, 0.05) is 19.0 Å². The number of hydrogen-bond acceptors (Lipinski definition) is 2. The summed E-state index contributed by atoms with van der Waals surface area (Å²) in [4.78, 5) is 11.5. The van der Waals surface area contributed by atoms with Gasteiger partial charge in [0.1, 0.15) is 11.6 Å². The van der Waals surface area contributed by atoms with E-state index in [1.165, 1.54) is 0 Å². The normalized spacial score (nSPS) is 11.4. The number of nitrogen functional groups attached to an aromatic ring is 1. The lowest BCUT2D eigenvalue weighted by atomic mass is 10.1. The molecule has 0 spiro atoms. The van der Waals surface area contributed by atoms with E-state index in [-0.39, 0.29) is 25.1 Å². The Morgan fingerprint density at radius 1 is 1.15 bits per heavy atom. The maximum atomic E-state index is 13.3. The van der Waals surface area contributed by atoms with Gasteiger partial charge < -0.3 is 11.1 Å². The minimum Gasteiger partial charge on any atom is -0.396 e. The highest BCUT2D eigenvalue weighted by Gasteiger charge is 2.25. The van der Waals surface area contributed by atoms with Crippen LogP contribution in [0.3, 0.4) is 0 Å². The Hall–Kier alpha value is -1.86. The van der Waals surface area contributed by atoms with E-state index in [2.05, 4.69) is 5.32 Å². The van der Waals surface area contributed by atoms with Crippen LogP contribution in [0.1, 0.15) is 29.6 Å². The van der Waals surface area contributed by atoms with Crippen LogP contribution in [-0.2, 0) is 0 Å². The molecule has 3 N–H and O–H groups in total. The second-order valence-electron chi connectivity index (χ2n) is 4.18. The number of amides is 1. The van der Waals surface area contributed by atoms with Gasteiger partial charge in [0.15, 0.2) is 0 Å². The number of nitrogens with one attached hydrogen (secondary N) is 1. The average Bonchev–Trinajstić information content (AvgIpc) is 2.31. The number of benzene rings is 1. The molecule has 3 nitrogen and oxygen atoms in total. The molecule has 0 aliphatic rings. The Balaban J connectivity index is 2.46. The maximum absolute atomic E-state index is 13.3. The van der Waals surface area contributed by atoms with Crippen molar-refractivity contribution >= 4 is 11.6 Å². The predicted octanol–water partition coefficient (Wildman–Crippen LogP) is 3.01. The molecule has 8 heteroatoms. The van der Waals surface area contributed by atoms with Gasteiger partial charge in [-0.15, -0.1) is 0 Å². The van der Waals surface area contributed by atoms with Crippen molar-refractivity contribution in [3.05, 3.63) is 29.3 Å². The number of unbranched alkanes of at least 4 members (excludes halogenated alkanes) is 1. The lowest BCUT2D eigenvalue weighted by Crippen LogP contribution is -2.26. The van der Waals surface area contributed by atoms with Crippen LogP contribution in [0.25, 0.3) is 0 Å². The van der Waals surface area contributed by atoms with E-state index in [4.69, 9.17) is 5.73 Å². The van der Waals surface area contributed by atoms with E-state index in [0.717, 1.165) is 6.07 Å². The second kappa shape index (κ2) is 6.53. The standard InChI is InChI=1S/C12H13F5N2O/c13-8-6-9(14)10(18)5-7(8)11(20)19-4-2-1-3-12(15,16)17/h5-6H,1-4,18H2,(H,19,20). The summed E-state index contributed by atoms with van der Waals surface area (Å²) in [5.41, 5.74) is 4.38. The Labute approximate surface area is 112 Å². The summed E-state index contributed by atoms with van der Waals surface area (Å²) >= 11 is 0. The van der Waals surface area contributed by atoms with Gasteiger partial charge in [-0.2, -0.15) is 13.2 Å². The monoisotopic (exact) mass is 296 g/mol. The quantitative estimate of drug-likeness (QED) is 0.498. The first-order valence-corrected chi connectivity index (χ1v) is 5.80. The number of nitrogens with two attached hydrogens (primary N) is 1. The first kappa shape index (κ1) is 16.2. The van der Waals surface area contributed by atoms with Crippen molar-refractivity contribution < 1.29 is 26.7 Å². The van der Waals surface area contributed by atoms with Crippen molar-refractivity contribution in [3.63, 3.8) is 0 Å². The number of anilines is 1. The van der Waals surface area contributed by atoms with Crippen molar-refractivity contribution in [2.24, 2.45) is 0 Å². The van der Waals surface area contributed by atoms with Crippen LogP contribution >= 0.6 is 0 Å². The summed E-state index contributed by atoms with van der Waals surface area (Å²) in [6.45, 7) is -0.0361. The Morgan fingerprint density at radius 2 is 1.80 bits per heavy atom. The first-order chi connectivity index (χ1) is 9.20. The van der Waals surface area contributed by atoms with Crippen molar-refractivity contribution in [1.29, 1.82) is 0 Å². The molecule has 1 amide bonds. The van der Waals surface area contributed by atoms with Crippen molar-refractivity contribution in [1.82, 2.24) is 5.32 Å². The summed E-state index contributed by atoms with van der Waals surface area (Å²) in [5.74, 6) is -2.91. The highest BCUT2D eigenvalue weighted by Crippen LogP contribution is 2.22. The number of halogens is 5. The topological polar surface area (TPSA) is 55.1 Å². The van der Waals surface area contributed by atoms with Crippen LogP contribution in [-0.4, -0.2) is 18.6 Å². The van der Waals surface area contributed by atoms with E-state index in [0.29, 0.717) is 6.07 Å². The second-order valence-corrected chi connectivity index (χ2v) is 4.18. The van der Waals surface area contributed by atoms with E-state index < -0.39 is 35.7 Å². The van der Waals surface area contributed by atoms with Crippen LogP contribution in [0.2, 0.25) is 0 Å². The smallest absolute Gasteiger partial charge is 0.389 e. The van der Waals surface area contributed by atoms with Crippen LogP contribution in [0.5, 0.6) is 0 Å². The van der Waals surface area contributed by atoms with Crippen LogP contribution < -0.4 is 11.1 Å². The first-order valence-electron chi connectivity index (χ1n) is 5.80. The van der Waals surface area contributed by atoms with Crippen molar-refractivity contribution in [2.75, 3.05) is 12.3 Å². The molecule has 1 aromatic carbocycles. The number of rotatable bonds is 5. The van der Waals surface area contributed by atoms with Gasteiger partial charge in [0.2, 0.25) is 0 Å². The minimum atomic E-state index is -4.23. The van der Waals surface area contributed by atoms with E-state index in [9.17, 15) is 26.7 Å². The third-order valence-corrected chi connectivity index (χ3v) is 2.50. The van der Waals surface area contributed by atoms with Crippen molar-refractivity contribution in [3.8, 4) is 0 Å². The van der Waals surface area contributed by atoms with Gasteiger partial charge >= 0.3 is 6.18 Å². The van der Waals surface area contributed by atoms with E-state index in [1.807, 2.05) is 0 Å². The zero-order chi connectivity index (χ0) is 15.3. The lowest BCUT2D eigenvalue weighted by Gasteiger charge is -2.08. The largest absolute Gasteiger partial charge is 0.396 e. The third-order valence-electron chi connectivity index (χ3n) is 2.50. The molecule has 1 aromatic rings. The summed E-state index contributed by atoms with van der Waals surface area (Å²) in [7, 11) is 0. The molecular weight excluding hydrogens is 283 g/mol. The number of carbonyl (C=O) groups is 1. The Bertz CT molecular complexity index is 487. The van der Waals surface area contributed by atoms with Crippen LogP contribution in [0, 0.1) is 11.6 Å². The predicted molar refractivity (Wildman–Crippen MR) is 63.0 cm³/mol. The zero-order valence-corrected chi connectivity index (χ0v) is 10.4. The molecular formula is C12H13F5N2O. The van der Waals surface area contributed by atoms with Gasteiger partial charge in [-0.1, -0.05) is 0 Å². The van der Waals surface area contributed by atoms with Crippen LogP contribution in [0.15, 0.2) is 12.1 Å². The maximum Gasteiger partial charge on any atom is 0.389 e. The van der Waals surface area contributed by atoms with Crippen molar-refractivity contribution in [2.45, 2.75) is 25.4 Å². The molecule has 0 saturated carbocycles. The van der Waals surface area contributed by atoms with Gasteiger partial charge in [0.05, 0.1) is 11.3 Å². The highest BCUT2D eigenvalue weighted by atomic mass is 19.4. The number of carbonyl (C=O) groups excluding carboxylic acids is 1. The molecule has 0 saturated heterocycles. The molecule has 1 rings (SSSR count). The lowest BCUT2D eigenvalue weighted by molar-refractivity contribution is -0.135. The number of hydrogen-bond donors (Lipinski definition) is 2. The van der Waals surface area contributed by atoms with E-state index >= 15 is 0 Å². The number of alkyl halides is 3. The molecule has 112 valence electrons. The Morgan fingerprint density at radius 3 is 2.40 bits per heavy atom. The molecule has 0 aliphatic heterocycles. The molecule has 0 aliphatic carbocycles. The van der Waals surface area contributed by atoms with Gasteiger partial charge in [-0.05, 0) is 18.9 Å². The average molecular weight is 296 g/mol. The fourth-order valence-corrected chi connectivity index (χ4v) is 1.49. The third kappa shape index (κ3) is 5.02. The Kier molecular flexibility index (Phi) is 5.29. The molecule has 0 heterocycles. The van der Waals surface area contributed by atoms with Gasteiger partial charge in [-0.25, -0.2) is 8.78 Å². The summed E-state index contributed by atoms with van der Waals surface area (Å²) in [5, 5.41) is 2.25. The van der Waals surface area contributed by atoms with Gasteiger partial charge in [0.25, 0.3) is 5.91 Å². The zero-order valence-electron chi connectivity index (χ0n) is 10.4. The SMILES string of the molecule is Nc1cc(C(=O)NCCCCC(F)(F)F)c(F)cc1F. The van der Waals surface area contributed by atoms with Gasteiger partial charge in [-0.3, -0.25) is 4.79 Å². The molecule has 0 atom stereocenters. The molecule has 0 aromatic heterocycles. The highest BCUT2D eigenvalue weighted by molar-refractivity contribution is 5.95. The summed E-state index contributed by atoms with van der Waals surface area (Å²) in [6, 6.07) is 1.32. The molecule has 0 bridgehead atoms.